The third kappa shape index (κ3) is 3.08. The maximum atomic E-state index is 5.26. The second kappa shape index (κ2) is 4.78. The molecule has 0 aliphatic carbocycles. The van der Waals surface area contributed by atoms with Gasteiger partial charge in [0, 0.05) is 0 Å². The molecule has 1 rings (SSSR count). The summed E-state index contributed by atoms with van der Waals surface area (Å²) in [5.41, 5.74) is 1.27. The van der Waals surface area contributed by atoms with Crippen LogP contribution in [0.4, 0.5) is 0 Å². The Kier molecular flexibility index (Phi) is 4.35. The topological polar surface area (TPSA) is 9.23 Å². The summed E-state index contributed by atoms with van der Waals surface area (Å²) < 4.78 is 5.26. The summed E-state index contributed by atoms with van der Waals surface area (Å²) in [6.45, 7) is 4.79. The molecule has 62 valence electrons. The van der Waals surface area contributed by atoms with Crippen LogP contribution in [0.25, 0.3) is 0 Å². The van der Waals surface area contributed by atoms with Crippen LogP contribution in [0, 0.1) is 6.92 Å². The monoisotopic (exact) mass is 152 g/mol. The highest BCUT2D eigenvalue weighted by Crippen LogP contribution is 2.10. The summed E-state index contributed by atoms with van der Waals surface area (Å²) in [5.74, 6) is 0.952. The fraction of sp³-hybridized carbons (Fsp3) is 0.400. The summed E-state index contributed by atoms with van der Waals surface area (Å²) in [6, 6.07) is 8.06. The highest BCUT2D eigenvalue weighted by atomic mass is 16.5. The molecule has 0 unspecified atom stereocenters. The van der Waals surface area contributed by atoms with E-state index in [0.29, 0.717) is 0 Å². The van der Waals surface area contributed by atoms with Crippen LogP contribution >= 0.6 is 0 Å². The Morgan fingerprint density at radius 2 is 1.73 bits per heavy atom. The van der Waals surface area contributed by atoms with E-state index >= 15 is 0 Å². The van der Waals surface area contributed by atoms with Crippen LogP contribution in [0.5, 0.6) is 5.75 Å². The van der Waals surface area contributed by atoms with E-state index < -0.39 is 0 Å². The lowest BCUT2D eigenvalue weighted by Crippen LogP contribution is -1.90. The molecule has 0 aliphatic rings. The maximum Gasteiger partial charge on any atom is 0.119 e. The summed E-state index contributed by atoms with van der Waals surface area (Å²) in [4.78, 5) is 0. The van der Waals surface area contributed by atoms with Gasteiger partial charge in [-0.3, -0.25) is 0 Å². The lowest BCUT2D eigenvalue weighted by atomic mass is 10.2. The third-order valence-electron chi connectivity index (χ3n) is 1.33. The van der Waals surface area contributed by atoms with Crippen LogP contribution in [0.15, 0.2) is 24.3 Å². The first-order valence-corrected chi connectivity index (χ1v) is 3.52. The molecule has 0 fully saturated rings. The van der Waals surface area contributed by atoms with Crippen molar-refractivity contribution in [3.63, 3.8) is 0 Å². The number of rotatable bonds is 2. The minimum absolute atomic E-state index is 0. The molecule has 0 spiro atoms. The molecule has 1 nitrogen and oxygen atoms in total. The quantitative estimate of drug-likeness (QED) is 0.633. The largest absolute Gasteiger partial charge is 0.494 e. The van der Waals surface area contributed by atoms with Crippen LogP contribution in [-0.2, 0) is 0 Å². The first-order valence-electron chi connectivity index (χ1n) is 3.52. The molecule has 1 heteroatoms. The summed E-state index contributed by atoms with van der Waals surface area (Å²) >= 11 is 0. The molecule has 0 saturated carbocycles. The van der Waals surface area contributed by atoms with Crippen LogP contribution in [0.2, 0.25) is 0 Å². The minimum atomic E-state index is 0. The molecule has 0 saturated heterocycles. The summed E-state index contributed by atoms with van der Waals surface area (Å²) in [6.07, 6.45) is 0. The SMILES string of the molecule is C.CCOc1ccc(C)cc1. The Labute approximate surface area is 69.0 Å². The molecule has 1 aromatic carbocycles. The van der Waals surface area contributed by atoms with E-state index in [2.05, 4.69) is 6.92 Å². The van der Waals surface area contributed by atoms with Crippen molar-refractivity contribution < 1.29 is 4.74 Å². The van der Waals surface area contributed by atoms with Gasteiger partial charge in [0.05, 0.1) is 6.61 Å². The summed E-state index contributed by atoms with van der Waals surface area (Å²) in [7, 11) is 0. The van der Waals surface area contributed by atoms with Crippen LogP contribution in [-0.4, -0.2) is 6.61 Å². The predicted molar refractivity (Wildman–Crippen MR) is 49.1 cm³/mol. The molecular formula is C10H16O. The van der Waals surface area contributed by atoms with Crippen molar-refractivity contribution in [1.29, 1.82) is 0 Å². The average molecular weight is 152 g/mol. The highest BCUT2D eigenvalue weighted by Gasteiger charge is 1.87. The van der Waals surface area contributed by atoms with Gasteiger partial charge >= 0.3 is 0 Å². The van der Waals surface area contributed by atoms with E-state index in [9.17, 15) is 0 Å². The standard InChI is InChI=1S/C9H12O.CH4/c1-3-10-9-6-4-8(2)5-7-9;/h4-7H,3H2,1-2H3;1H4. The van der Waals surface area contributed by atoms with E-state index in [-0.39, 0.29) is 7.43 Å². The molecule has 0 N–H and O–H groups in total. The lowest BCUT2D eigenvalue weighted by molar-refractivity contribution is 0.340. The third-order valence-corrected chi connectivity index (χ3v) is 1.33. The number of hydrogen-bond acceptors (Lipinski definition) is 1. The van der Waals surface area contributed by atoms with E-state index in [4.69, 9.17) is 4.74 Å². The van der Waals surface area contributed by atoms with Crippen molar-refractivity contribution in [1.82, 2.24) is 0 Å². The van der Waals surface area contributed by atoms with Gasteiger partial charge in [-0.05, 0) is 26.0 Å². The maximum absolute atomic E-state index is 5.26. The molecule has 0 bridgehead atoms. The van der Waals surface area contributed by atoms with Crippen molar-refractivity contribution in [2.45, 2.75) is 21.3 Å². The fourth-order valence-electron chi connectivity index (χ4n) is 0.801. The van der Waals surface area contributed by atoms with Gasteiger partial charge in [-0.1, -0.05) is 25.1 Å². The fourth-order valence-corrected chi connectivity index (χ4v) is 0.801. The van der Waals surface area contributed by atoms with Gasteiger partial charge in [-0.2, -0.15) is 0 Å². The smallest absolute Gasteiger partial charge is 0.119 e. The average Bonchev–Trinajstić information content (AvgIpc) is 1.95. The number of benzene rings is 1. The Bertz CT molecular complexity index is 189. The number of hydrogen-bond donors (Lipinski definition) is 0. The molecule has 0 aromatic heterocycles. The zero-order valence-electron chi connectivity index (χ0n) is 6.42. The van der Waals surface area contributed by atoms with Crippen LogP contribution in [0.1, 0.15) is 19.9 Å². The highest BCUT2D eigenvalue weighted by molar-refractivity contribution is 5.26. The lowest BCUT2D eigenvalue weighted by Gasteiger charge is -2.01. The predicted octanol–water partition coefficient (Wildman–Crippen LogP) is 3.03. The van der Waals surface area contributed by atoms with E-state index in [0.717, 1.165) is 12.4 Å². The summed E-state index contributed by atoms with van der Waals surface area (Å²) in [5, 5.41) is 0. The van der Waals surface area contributed by atoms with Crippen molar-refractivity contribution in [3.8, 4) is 5.75 Å². The normalized spacial score (nSPS) is 8.55. The van der Waals surface area contributed by atoms with Gasteiger partial charge < -0.3 is 4.74 Å². The van der Waals surface area contributed by atoms with Crippen molar-refractivity contribution in [3.05, 3.63) is 29.8 Å². The van der Waals surface area contributed by atoms with Crippen LogP contribution in [0.3, 0.4) is 0 Å². The van der Waals surface area contributed by atoms with Gasteiger partial charge in [-0.15, -0.1) is 0 Å². The van der Waals surface area contributed by atoms with Gasteiger partial charge in [-0.25, -0.2) is 0 Å². The van der Waals surface area contributed by atoms with Crippen molar-refractivity contribution in [2.24, 2.45) is 0 Å². The molecule has 0 heterocycles. The Morgan fingerprint density at radius 1 is 1.18 bits per heavy atom. The van der Waals surface area contributed by atoms with E-state index in [1.165, 1.54) is 5.56 Å². The Balaban J connectivity index is 0.000001000. The van der Waals surface area contributed by atoms with E-state index in [1.807, 2.05) is 31.2 Å². The number of aryl methyl sites for hydroxylation is 1. The molecule has 0 aliphatic heterocycles. The minimum Gasteiger partial charge on any atom is -0.494 e. The zero-order chi connectivity index (χ0) is 7.40. The van der Waals surface area contributed by atoms with Gasteiger partial charge in [0.15, 0.2) is 0 Å². The molecule has 0 atom stereocenters. The van der Waals surface area contributed by atoms with Gasteiger partial charge in [0.25, 0.3) is 0 Å². The Hall–Kier alpha value is -0.980. The first-order chi connectivity index (χ1) is 4.83. The molecular weight excluding hydrogens is 136 g/mol. The molecule has 11 heavy (non-hydrogen) atoms. The molecule has 1 aromatic rings. The molecule has 0 radical (unpaired) electrons. The number of ether oxygens (including phenoxy) is 1. The van der Waals surface area contributed by atoms with Crippen molar-refractivity contribution in [2.75, 3.05) is 6.61 Å². The van der Waals surface area contributed by atoms with E-state index in [1.54, 1.807) is 0 Å². The van der Waals surface area contributed by atoms with Crippen molar-refractivity contribution >= 4 is 0 Å². The van der Waals surface area contributed by atoms with Gasteiger partial charge in [0.1, 0.15) is 5.75 Å². The second-order valence-corrected chi connectivity index (χ2v) is 2.25. The van der Waals surface area contributed by atoms with Gasteiger partial charge in [0.2, 0.25) is 0 Å². The molecule has 0 amide bonds. The Morgan fingerprint density at radius 3 is 2.18 bits per heavy atom. The second-order valence-electron chi connectivity index (χ2n) is 2.25. The van der Waals surface area contributed by atoms with Crippen LogP contribution < -0.4 is 4.74 Å². The zero-order valence-corrected chi connectivity index (χ0v) is 6.42. The first kappa shape index (κ1) is 10.0.